The lowest BCUT2D eigenvalue weighted by Crippen LogP contribution is -2.05. The molecule has 0 saturated carbocycles. The number of hydrogen-bond acceptors (Lipinski definition) is 5. The molecule has 1 aromatic carbocycles. The predicted octanol–water partition coefficient (Wildman–Crippen LogP) is 3.01. The van der Waals surface area contributed by atoms with Gasteiger partial charge in [-0.25, -0.2) is 0 Å². The van der Waals surface area contributed by atoms with E-state index < -0.39 is 0 Å². The van der Waals surface area contributed by atoms with E-state index in [0.29, 0.717) is 35.6 Å². The SMILES string of the molecule is COc1c(C=O)c(OC)c(/C=C/C(C)C)c(OC)c1C=O. The molecule has 0 aliphatic heterocycles. The van der Waals surface area contributed by atoms with Crippen LogP contribution in [0, 0.1) is 5.92 Å². The van der Waals surface area contributed by atoms with E-state index in [2.05, 4.69) is 0 Å². The maximum absolute atomic E-state index is 11.4. The summed E-state index contributed by atoms with van der Waals surface area (Å²) in [5.41, 5.74) is 0.913. The van der Waals surface area contributed by atoms with Gasteiger partial charge in [-0.15, -0.1) is 0 Å². The third-order valence-corrected chi connectivity index (χ3v) is 2.96. The zero-order valence-corrected chi connectivity index (χ0v) is 12.9. The Morgan fingerprint density at radius 3 is 1.43 bits per heavy atom. The number of carbonyl (C=O) groups excluding carboxylic acids is 2. The highest BCUT2D eigenvalue weighted by Crippen LogP contribution is 2.42. The second-order valence-corrected chi connectivity index (χ2v) is 4.68. The van der Waals surface area contributed by atoms with Gasteiger partial charge in [0.1, 0.15) is 17.2 Å². The molecule has 0 spiro atoms. The minimum atomic E-state index is 0.149. The van der Waals surface area contributed by atoms with Gasteiger partial charge in [-0.2, -0.15) is 0 Å². The molecule has 0 bridgehead atoms. The first-order valence-electron chi connectivity index (χ1n) is 6.50. The smallest absolute Gasteiger partial charge is 0.157 e. The number of aldehydes is 2. The molecule has 0 unspecified atom stereocenters. The Morgan fingerprint density at radius 2 is 1.14 bits per heavy atom. The van der Waals surface area contributed by atoms with E-state index in [9.17, 15) is 9.59 Å². The Kier molecular flexibility index (Phi) is 5.96. The molecule has 114 valence electrons. The van der Waals surface area contributed by atoms with Crippen molar-refractivity contribution in [2.24, 2.45) is 5.92 Å². The molecule has 5 heteroatoms. The lowest BCUT2D eigenvalue weighted by atomic mass is 9.99. The summed E-state index contributed by atoms with van der Waals surface area (Å²) in [5.74, 6) is 1.08. The van der Waals surface area contributed by atoms with E-state index in [1.165, 1.54) is 21.3 Å². The molecule has 1 rings (SSSR count). The molecule has 0 aromatic heterocycles. The van der Waals surface area contributed by atoms with E-state index in [4.69, 9.17) is 14.2 Å². The first kappa shape index (κ1) is 16.8. The number of ether oxygens (including phenoxy) is 3. The Hall–Kier alpha value is -2.30. The van der Waals surface area contributed by atoms with Crippen LogP contribution in [-0.4, -0.2) is 33.9 Å². The molecule has 0 aliphatic carbocycles. The largest absolute Gasteiger partial charge is 0.495 e. The van der Waals surface area contributed by atoms with Crippen LogP contribution in [0.15, 0.2) is 6.08 Å². The van der Waals surface area contributed by atoms with Crippen LogP contribution in [0.3, 0.4) is 0 Å². The number of rotatable bonds is 7. The molecule has 0 heterocycles. The molecule has 0 fully saturated rings. The maximum atomic E-state index is 11.4. The normalized spacial score (nSPS) is 10.8. The highest BCUT2D eigenvalue weighted by atomic mass is 16.5. The van der Waals surface area contributed by atoms with Gasteiger partial charge in [0.25, 0.3) is 0 Å². The van der Waals surface area contributed by atoms with Gasteiger partial charge in [-0.3, -0.25) is 9.59 Å². The zero-order chi connectivity index (χ0) is 16.0. The second kappa shape index (κ2) is 7.47. The van der Waals surface area contributed by atoms with E-state index in [0.717, 1.165) is 0 Å². The van der Waals surface area contributed by atoms with Gasteiger partial charge in [0, 0.05) is 0 Å². The van der Waals surface area contributed by atoms with Gasteiger partial charge < -0.3 is 14.2 Å². The summed E-state index contributed by atoms with van der Waals surface area (Å²) >= 11 is 0. The van der Waals surface area contributed by atoms with Crippen LogP contribution in [0.1, 0.15) is 40.1 Å². The average Bonchev–Trinajstić information content (AvgIpc) is 2.49. The van der Waals surface area contributed by atoms with E-state index >= 15 is 0 Å². The van der Waals surface area contributed by atoms with Crippen LogP contribution in [0.4, 0.5) is 0 Å². The van der Waals surface area contributed by atoms with E-state index in [-0.39, 0.29) is 16.9 Å². The van der Waals surface area contributed by atoms with Crippen LogP contribution in [0.25, 0.3) is 6.08 Å². The molecule has 0 aliphatic rings. The Labute approximate surface area is 124 Å². The number of benzene rings is 1. The third kappa shape index (κ3) is 3.24. The fraction of sp³-hybridized carbons (Fsp3) is 0.375. The van der Waals surface area contributed by atoms with Gasteiger partial charge in [-0.1, -0.05) is 26.0 Å². The van der Waals surface area contributed by atoms with Gasteiger partial charge in [-0.05, 0) is 5.92 Å². The summed E-state index contributed by atoms with van der Waals surface area (Å²) in [7, 11) is 4.29. The van der Waals surface area contributed by atoms with Gasteiger partial charge in [0.05, 0.1) is 38.0 Å². The monoisotopic (exact) mass is 292 g/mol. The molecule has 0 atom stereocenters. The van der Waals surface area contributed by atoms with E-state index in [1.54, 1.807) is 6.08 Å². The van der Waals surface area contributed by atoms with Crippen molar-refractivity contribution in [3.8, 4) is 17.2 Å². The summed E-state index contributed by atoms with van der Waals surface area (Å²) in [6, 6.07) is 0. The quantitative estimate of drug-likeness (QED) is 0.723. The molecule has 0 amide bonds. The van der Waals surface area contributed by atoms with Crippen LogP contribution in [0.5, 0.6) is 17.2 Å². The molecule has 5 nitrogen and oxygen atoms in total. The fourth-order valence-corrected chi connectivity index (χ4v) is 2.06. The number of hydrogen-bond donors (Lipinski definition) is 0. The van der Waals surface area contributed by atoms with Crippen LogP contribution in [-0.2, 0) is 0 Å². The van der Waals surface area contributed by atoms with E-state index in [1.807, 2.05) is 19.9 Å². The average molecular weight is 292 g/mol. The molecule has 21 heavy (non-hydrogen) atoms. The standard InChI is InChI=1S/C16H20O5/c1-10(2)6-7-11-14(19-3)12(8-17)16(21-5)13(9-18)15(11)20-4/h6-10H,1-5H3/b7-6+. The van der Waals surface area contributed by atoms with Crippen molar-refractivity contribution in [1.29, 1.82) is 0 Å². The first-order chi connectivity index (χ1) is 10.0. The van der Waals surface area contributed by atoms with Crippen molar-refractivity contribution in [3.05, 3.63) is 22.8 Å². The Balaban J connectivity index is 3.81. The van der Waals surface area contributed by atoms with Gasteiger partial charge >= 0.3 is 0 Å². The summed E-state index contributed by atoms with van der Waals surface area (Å²) in [5, 5.41) is 0. The maximum Gasteiger partial charge on any atom is 0.157 e. The lowest BCUT2D eigenvalue weighted by molar-refractivity contribution is 0.111. The topological polar surface area (TPSA) is 61.8 Å². The van der Waals surface area contributed by atoms with Crippen LogP contribution >= 0.6 is 0 Å². The van der Waals surface area contributed by atoms with Crippen molar-refractivity contribution in [2.45, 2.75) is 13.8 Å². The van der Waals surface area contributed by atoms with Crippen molar-refractivity contribution in [2.75, 3.05) is 21.3 Å². The predicted molar refractivity (Wildman–Crippen MR) is 80.7 cm³/mol. The summed E-state index contributed by atoms with van der Waals surface area (Å²) < 4.78 is 15.8. The lowest BCUT2D eigenvalue weighted by Gasteiger charge is -2.18. The van der Waals surface area contributed by atoms with Gasteiger partial charge in [0.2, 0.25) is 0 Å². The third-order valence-electron chi connectivity index (χ3n) is 2.96. The number of carbonyl (C=O) groups is 2. The fourth-order valence-electron chi connectivity index (χ4n) is 2.06. The molecule has 0 N–H and O–H groups in total. The summed E-state index contributed by atoms with van der Waals surface area (Å²) in [6.07, 6.45) is 4.92. The van der Waals surface area contributed by atoms with Gasteiger partial charge in [0.15, 0.2) is 12.6 Å². The number of allylic oxidation sites excluding steroid dienone is 1. The second-order valence-electron chi connectivity index (χ2n) is 4.68. The highest BCUT2D eigenvalue weighted by molar-refractivity contribution is 5.97. The van der Waals surface area contributed by atoms with Crippen molar-refractivity contribution in [1.82, 2.24) is 0 Å². The van der Waals surface area contributed by atoms with Crippen molar-refractivity contribution < 1.29 is 23.8 Å². The zero-order valence-electron chi connectivity index (χ0n) is 12.9. The highest BCUT2D eigenvalue weighted by Gasteiger charge is 2.24. The Morgan fingerprint density at radius 1 is 0.762 bits per heavy atom. The van der Waals surface area contributed by atoms with Crippen molar-refractivity contribution in [3.63, 3.8) is 0 Å². The minimum Gasteiger partial charge on any atom is -0.495 e. The molecular weight excluding hydrogens is 272 g/mol. The molecule has 1 aromatic rings. The summed E-state index contributed by atoms with van der Waals surface area (Å²) in [6.45, 7) is 4.03. The molecule has 0 radical (unpaired) electrons. The molecule has 0 saturated heterocycles. The molecular formula is C16H20O5. The first-order valence-corrected chi connectivity index (χ1v) is 6.50. The number of methoxy groups -OCH3 is 3. The Bertz CT molecular complexity index is 521. The van der Waals surface area contributed by atoms with Crippen molar-refractivity contribution >= 4 is 18.6 Å². The van der Waals surface area contributed by atoms with Crippen LogP contribution < -0.4 is 14.2 Å². The minimum absolute atomic E-state index is 0.149. The van der Waals surface area contributed by atoms with Crippen LogP contribution in [0.2, 0.25) is 0 Å². The summed E-state index contributed by atoms with van der Waals surface area (Å²) in [4.78, 5) is 22.8.